The van der Waals surface area contributed by atoms with Gasteiger partial charge >= 0.3 is 0 Å². The standard InChI is InChI=1S/C25H24N2OS/c1-14-9-10-18-17-7-6-8-19(22(17)28-24(18)27-14)21-23-16(11-12-26-21)15(2)20(29-23)13-25(3,4)5/h6-12H,13H2,1-5H3/i13D2. The smallest absolute Gasteiger partial charge is 0.227 e. The third-order valence-electron chi connectivity index (χ3n) is 5.10. The van der Waals surface area contributed by atoms with Crippen LogP contribution in [-0.2, 0) is 6.37 Å². The van der Waals surface area contributed by atoms with Crippen molar-refractivity contribution < 1.29 is 7.16 Å². The van der Waals surface area contributed by atoms with Gasteiger partial charge in [0, 0.05) is 35.8 Å². The number of thiophene rings is 1. The molecule has 5 rings (SSSR count). The van der Waals surface area contributed by atoms with Gasteiger partial charge in [-0.05, 0) is 60.9 Å². The zero-order valence-corrected chi connectivity index (χ0v) is 18.1. The molecule has 0 spiro atoms. The molecule has 0 N–H and O–H groups in total. The van der Waals surface area contributed by atoms with Crippen LogP contribution in [0.5, 0.6) is 0 Å². The number of furan rings is 1. The van der Waals surface area contributed by atoms with Crippen LogP contribution in [0.1, 0.15) is 39.6 Å². The highest BCUT2D eigenvalue weighted by Crippen LogP contribution is 2.42. The molecule has 0 atom stereocenters. The molecule has 0 fully saturated rings. The topological polar surface area (TPSA) is 38.9 Å². The lowest BCUT2D eigenvalue weighted by molar-refractivity contribution is 0.414. The van der Waals surface area contributed by atoms with Crippen molar-refractivity contribution in [3.63, 3.8) is 0 Å². The Bertz CT molecular complexity index is 1470. The Balaban J connectivity index is 1.81. The molecule has 29 heavy (non-hydrogen) atoms. The van der Waals surface area contributed by atoms with Gasteiger partial charge in [-0.15, -0.1) is 11.3 Å². The van der Waals surface area contributed by atoms with Gasteiger partial charge in [-0.25, -0.2) is 4.98 Å². The van der Waals surface area contributed by atoms with Crippen LogP contribution < -0.4 is 0 Å². The lowest BCUT2D eigenvalue weighted by Gasteiger charge is -2.17. The van der Waals surface area contributed by atoms with E-state index in [9.17, 15) is 0 Å². The largest absolute Gasteiger partial charge is 0.437 e. The van der Waals surface area contributed by atoms with Gasteiger partial charge in [-0.2, -0.15) is 0 Å². The van der Waals surface area contributed by atoms with E-state index in [0.717, 1.165) is 53.8 Å². The molecule has 0 unspecified atom stereocenters. The van der Waals surface area contributed by atoms with Crippen molar-refractivity contribution in [2.24, 2.45) is 5.41 Å². The van der Waals surface area contributed by atoms with Crippen LogP contribution in [0.25, 0.3) is 43.4 Å². The zero-order valence-electron chi connectivity index (χ0n) is 19.3. The average molecular weight is 403 g/mol. The highest BCUT2D eigenvalue weighted by Gasteiger charge is 2.21. The first-order chi connectivity index (χ1) is 14.6. The molecule has 0 saturated heterocycles. The number of fused-ring (bicyclic) bond motifs is 4. The second-order valence-corrected chi connectivity index (χ2v) is 9.58. The number of hydrogen-bond donors (Lipinski definition) is 0. The van der Waals surface area contributed by atoms with Crippen molar-refractivity contribution in [1.82, 2.24) is 9.97 Å². The molecular formula is C25H24N2OS. The van der Waals surface area contributed by atoms with E-state index in [2.05, 4.69) is 4.98 Å². The molecule has 0 aliphatic carbocycles. The van der Waals surface area contributed by atoms with Crippen molar-refractivity contribution in [3.8, 4) is 11.3 Å². The van der Waals surface area contributed by atoms with Crippen molar-refractivity contribution in [1.29, 1.82) is 0 Å². The highest BCUT2D eigenvalue weighted by atomic mass is 32.1. The van der Waals surface area contributed by atoms with E-state index in [-0.39, 0.29) is 0 Å². The molecule has 4 heterocycles. The maximum absolute atomic E-state index is 8.82. The molecule has 0 saturated carbocycles. The van der Waals surface area contributed by atoms with Gasteiger partial charge in [0.15, 0.2) is 0 Å². The predicted octanol–water partition coefficient (Wildman–Crippen LogP) is 7.46. The number of aromatic nitrogens is 2. The summed E-state index contributed by atoms with van der Waals surface area (Å²) in [7, 11) is 0. The maximum atomic E-state index is 8.82. The van der Waals surface area contributed by atoms with E-state index >= 15 is 0 Å². The number of aryl methyl sites for hydroxylation is 2. The van der Waals surface area contributed by atoms with Crippen LogP contribution in [0, 0.1) is 19.3 Å². The predicted molar refractivity (Wildman–Crippen MR) is 123 cm³/mol. The van der Waals surface area contributed by atoms with E-state index < -0.39 is 11.8 Å². The van der Waals surface area contributed by atoms with Crippen LogP contribution >= 0.6 is 11.3 Å². The summed E-state index contributed by atoms with van der Waals surface area (Å²) in [6.07, 6.45) is 0.350. The molecule has 5 aromatic rings. The highest BCUT2D eigenvalue weighted by molar-refractivity contribution is 7.19. The lowest BCUT2D eigenvalue weighted by atomic mass is 9.90. The van der Waals surface area contributed by atoms with Crippen LogP contribution in [0.2, 0.25) is 0 Å². The molecule has 4 heteroatoms. The van der Waals surface area contributed by atoms with Crippen molar-refractivity contribution in [2.45, 2.75) is 41.0 Å². The summed E-state index contributed by atoms with van der Waals surface area (Å²) in [5, 5.41) is 3.04. The summed E-state index contributed by atoms with van der Waals surface area (Å²) in [6, 6.07) is 12.1. The molecule has 0 radical (unpaired) electrons. The van der Waals surface area contributed by atoms with E-state index in [1.807, 2.05) is 71.0 Å². The van der Waals surface area contributed by atoms with Gasteiger partial charge in [0.2, 0.25) is 5.71 Å². The lowest BCUT2D eigenvalue weighted by Crippen LogP contribution is -2.08. The monoisotopic (exact) mass is 402 g/mol. The average Bonchev–Trinajstić information content (AvgIpc) is 3.24. The fourth-order valence-electron chi connectivity index (χ4n) is 3.76. The van der Waals surface area contributed by atoms with Crippen LogP contribution in [-0.4, -0.2) is 9.97 Å². The first-order valence-corrected chi connectivity index (χ1v) is 10.6. The third kappa shape index (κ3) is 3.03. The summed E-state index contributed by atoms with van der Waals surface area (Å²) in [5.74, 6) is 0. The Morgan fingerprint density at radius 3 is 2.66 bits per heavy atom. The van der Waals surface area contributed by atoms with Gasteiger partial charge in [0.05, 0.1) is 10.4 Å². The molecular weight excluding hydrogens is 376 g/mol. The second-order valence-electron chi connectivity index (χ2n) is 8.56. The summed E-state index contributed by atoms with van der Waals surface area (Å²) >= 11 is 1.50. The molecule has 0 aliphatic heterocycles. The van der Waals surface area contributed by atoms with Crippen molar-refractivity contribution in [2.75, 3.05) is 0 Å². The van der Waals surface area contributed by atoms with Crippen molar-refractivity contribution >= 4 is 43.5 Å². The fourth-order valence-corrected chi connectivity index (χ4v) is 5.17. The number of hydrogen-bond acceptors (Lipinski definition) is 4. The first kappa shape index (κ1) is 16.1. The fraction of sp³-hybridized carbons (Fsp3) is 0.280. The number of nitrogens with zero attached hydrogens (tertiary/aromatic N) is 2. The molecule has 146 valence electrons. The summed E-state index contributed by atoms with van der Waals surface area (Å²) < 4.78 is 24.8. The molecule has 0 bridgehead atoms. The third-order valence-corrected chi connectivity index (χ3v) is 6.33. The number of benzene rings is 1. The van der Waals surface area contributed by atoms with Crippen LogP contribution in [0.15, 0.2) is 47.0 Å². The zero-order chi connectivity index (χ0) is 22.1. The van der Waals surface area contributed by atoms with E-state index in [0.29, 0.717) is 5.71 Å². The molecule has 3 nitrogen and oxygen atoms in total. The Morgan fingerprint density at radius 2 is 1.86 bits per heavy atom. The Hall–Kier alpha value is -2.72. The van der Waals surface area contributed by atoms with Gasteiger partial charge in [0.25, 0.3) is 0 Å². The number of pyridine rings is 2. The molecule has 0 aliphatic rings. The first-order valence-electron chi connectivity index (χ1n) is 10.8. The molecule has 1 aromatic carbocycles. The second kappa shape index (κ2) is 6.39. The number of para-hydroxylation sites is 1. The van der Waals surface area contributed by atoms with E-state index in [1.54, 1.807) is 6.20 Å². The van der Waals surface area contributed by atoms with Crippen molar-refractivity contribution in [3.05, 3.63) is 58.7 Å². The number of rotatable bonds is 2. The Labute approximate surface area is 177 Å². The molecule has 0 amide bonds. The minimum atomic E-state index is -1.45. The SMILES string of the molecule is [2H]C([2H])(c1sc2c(-c3cccc4c3oc3nc(C)ccc34)nccc2c1C)C(C)(C)C. The normalized spacial score (nSPS) is 14.0. The molecule has 4 aromatic heterocycles. The Morgan fingerprint density at radius 1 is 1.03 bits per heavy atom. The Kier molecular flexibility index (Phi) is 3.55. The van der Waals surface area contributed by atoms with E-state index in [4.69, 9.17) is 12.1 Å². The van der Waals surface area contributed by atoms with Crippen LogP contribution in [0.4, 0.5) is 0 Å². The van der Waals surface area contributed by atoms with Gasteiger partial charge in [-0.1, -0.05) is 32.9 Å². The maximum Gasteiger partial charge on any atom is 0.227 e. The van der Waals surface area contributed by atoms with Crippen LogP contribution in [0.3, 0.4) is 0 Å². The summed E-state index contributed by atoms with van der Waals surface area (Å²) in [5.41, 5.74) is 4.50. The summed E-state index contributed by atoms with van der Waals surface area (Å²) in [4.78, 5) is 10.0. The minimum Gasteiger partial charge on any atom is -0.437 e. The minimum absolute atomic E-state index is 0.519. The van der Waals surface area contributed by atoms with Gasteiger partial charge in [0.1, 0.15) is 5.58 Å². The summed E-state index contributed by atoms with van der Waals surface area (Å²) in [6.45, 7) is 9.80. The van der Waals surface area contributed by atoms with E-state index in [1.165, 1.54) is 11.3 Å². The van der Waals surface area contributed by atoms with Gasteiger partial charge < -0.3 is 4.42 Å². The quantitative estimate of drug-likeness (QED) is 0.307. The van der Waals surface area contributed by atoms with Gasteiger partial charge in [-0.3, -0.25) is 4.98 Å².